The van der Waals surface area contributed by atoms with Gasteiger partial charge in [-0.05, 0) is 37.8 Å². The van der Waals surface area contributed by atoms with E-state index in [0.29, 0.717) is 6.04 Å². The minimum atomic E-state index is 0.516. The summed E-state index contributed by atoms with van der Waals surface area (Å²) in [5.74, 6) is 0.834. The monoisotopic (exact) mass is 207 g/mol. The molecule has 1 aliphatic heterocycles. The van der Waals surface area contributed by atoms with Crippen LogP contribution in [-0.2, 0) is 6.54 Å². The average molecular weight is 207 g/mol. The summed E-state index contributed by atoms with van der Waals surface area (Å²) in [6, 6.07) is 2.67. The zero-order valence-corrected chi connectivity index (χ0v) is 9.74. The van der Waals surface area contributed by atoms with E-state index in [4.69, 9.17) is 0 Å². The number of hydrogen-bond acceptors (Lipinski definition) is 2. The van der Waals surface area contributed by atoms with E-state index >= 15 is 0 Å². The lowest BCUT2D eigenvalue weighted by Crippen LogP contribution is -2.32. The van der Waals surface area contributed by atoms with Crippen molar-refractivity contribution in [2.24, 2.45) is 5.92 Å². The van der Waals surface area contributed by atoms with Crippen molar-refractivity contribution in [2.45, 2.75) is 45.7 Å². The zero-order chi connectivity index (χ0) is 10.7. The van der Waals surface area contributed by atoms with Crippen molar-refractivity contribution >= 4 is 0 Å². The van der Waals surface area contributed by atoms with Crippen molar-refractivity contribution in [1.82, 2.24) is 15.1 Å². The lowest BCUT2D eigenvalue weighted by atomic mass is 9.92. The molecule has 0 radical (unpaired) electrons. The highest BCUT2D eigenvalue weighted by atomic mass is 15.3. The summed E-state index contributed by atoms with van der Waals surface area (Å²) in [5.41, 5.74) is 1.36. The molecule has 0 aromatic carbocycles. The number of piperidine rings is 1. The summed E-state index contributed by atoms with van der Waals surface area (Å²) in [7, 11) is 0. The van der Waals surface area contributed by atoms with Crippen LogP contribution in [0.2, 0.25) is 0 Å². The van der Waals surface area contributed by atoms with Gasteiger partial charge >= 0.3 is 0 Å². The molecule has 0 amide bonds. The zero-order valence-electron chi connectivity index (χ0n) is 9.74. The second kappa shape index (κ2) is 4.79. The molecule has 2 heterocycles. The molecule has 1 fully saturated rings. The number of nitrogens with zero attached hydrogens (tertiary/aromatic N) is 2. The Balaban J connectivity index is 2.10. The molecule has 0 aliphatic carbocycles. The molecular formula is C12H21N3. The Morgan fingerprint density at radius 1 is 1.60 bits per heavy atom. The summed E-state index contributed by atoms with van der Waals surface area (Å²) in [6.07, 6.45) is 5.62. The number of rotatable bonds is 3. The highest BCUT2D eigenvalue weighted by Gasteiger charge is 2.22. The molecule has 0 saturated carbocycles. The van der Waals surface area contributed by atoms with E-state index in [1.807, 2.05) is 6.20 Å². The molecular weight excluding hydrogens is 186 g/mol. The Kier molecular flexibility index (Phi) is 3.41. The van der Waals surface area contributed by atoms with E-state index in [1.165, 1.54) is 18.5 Å². The molecule has 1 aromatic rings. The maximum atomic E-state index is 4.38. The van der Waals surface area contributed by atoms with Crippen molar-refractivity contribution in [2.75, 3.05) is 6.54 Å². The van der Waals surface area contributed by atoms with Gasteiger partial charge in [0, 0.05) is 18.8 Å². The molecule has 1 aromatic heterocycles. The number of aromatic nitrogens is 2. The third-order valence-electron chi connectivity index (χ3n) is 3.21. The van der Waals surface area contributed by atoms with Gasteiger partial charge in [-0.3, -0.25) is 4.68 Å². The summed E-state index contributed by atoms with van der Waals surface area (Å²) in [5, 5.41) is 7.97. The predicted octanol–water partition coefficient (Wildman–Crippen LogP) is 2.35. The fourth-order valence-electron chi connectivity index (χ4n) is 2.37. The van der Waals surface area contributed by atoms with Crippen molar-refractivity contribution < 1.29 is 0 Å². The largest absolute Gasteiger partial charge is 0.309 e. The first kappa shape index (κ1) is 10.7. The van der Waals surface area contributed by atoms with Gasteiger partial charge in [0.2, 0.25) is 0 Å². The lowest BCUT2D eigenvalue weighted by Gasteiger charge is -2.28. The van der Waals surface area contributed by atoms with Gasteiger partial charge in [-0.15, -0.1) is 0 Å². The van der Waals surface area contributed by atoms with Crippen molar-refractivity contribution in [3.8, 4) is 0 Å². The minimum Gasteiger partial charge on any atom is -0.309 e. The Hall–Kier alpha value is -0.830. The SMILES string of the molecule is CCCn1nccc1C1CC(C)CCN1. The van der Waals surface area contributed by atoms with E-state index < -0.39 is 0 Å². The summed E-state index contributed by atoms with van der Waals surface area (Å²) in [6.45, 7) is 6.72. The van der Waals surface area contributed by atoms with Crippen LogP contribution in [0, 0.1) is 5.92 Å². The molecule has 2 unspecified atom stereocenters. The predicted molar refractivity (Wildman–Crippen MR) is 61.7 cm³/mol. The Morgan fingerprint density at radius 3 is 3.20 bits per heavy atom. The summed E-state index contributed by atoms with van der Waals surface area (Å²) < 4.78 is 2.15. The van der Waals surface area contributed by atoms with Crippen LogP contribution < -0.4 is 5.32 Å². The summed E-state index contributed by atoms with van der Waals surface area (Å²) >= 11 is 0. The standard InChI is InChI=1S/C12H21N3/c1-3-8-15-12(5-7-14-15)11-9-10(2)4-6-13-11/h5,7,10-11,13H,3-4,6,8-9H2,1-2H3. The molecule has 84 valence electrons. The van der Waals surface area contributed by atoms with Crippen LogP contribution in [0.1, 0.15) is 44.8 Å². The van der Waals surface area contributed by atoms with Gasteiger partial charge in [0.1, 0.15) is 0 Å². The third-order valence-corrected chi connectivity index (χ3v) is 3.21. The van der Waals surface area contributed by atoms with Crippen LogP contribution in [0.15, 0.2) is 12.3 Å². The maximum absolute atomic E-state index is 4.38. The smallest absolute Gasteiger partial charge is 0.0553 e. The van der Waals surface area contributed by atoms with Crippen LogP contribution >= 0.6 is 0 Å². The Labute approximate surface area is 91.9 Å². The van der Waals surface area contributed by atoms with Gasteiger partial charge in [-0.2, -0.15) is 5.10 Å². The van der Waals surface area contributed by atoms with Crippen LogP contribution in [0.4, 0.5) is 0 Å². The lowest BCUT2D eigenvalue weighted by molar-refractivity contribution is 0.311. The normalized spacial score (nSPS) is 26.8. The molecule has 3 heteroatoms. The van der Waals surface area contributed by atoms with Crippen molar-refractivity contribution in [1.29, 1.82) is 0 Å². The quantitative estimate of drug-likeness (QED) is 0.824. The number of nitrogens with one attached hydrogen (secondary N) is 1. The molecule has 1 aliphatic rings. The van der Waals surface area contributed by atoms with Crippen LogP contribution in [0.25, 0.3) is 0 Å². The molecule has 3 nitrogen and oxygen atoms in total. The third kappa shape index (κ3) is 2.40. The van der Waals surface area contributed by atoms with Gasteiger partial charge in [-0.1, -0.05) is 13.8 Å². The van der Waals surface area contributed by atoms with Gasteiger partial charge < -0.3 is 5.32 Å². The fraction of sp³-hybridized carbons (Fsp3) is 0.750. The molecule has 2 rings (SSSR count). The van der Waals surface area contributed by atoms with Crippen molar-refractivity contribution in [3.63, 3.8) is 0 Å². The molecule has 1 N–H and O–H groups in total. The highest BCUT2D eigenvalue weighted by Crippen LogP contribution is 2.26. The number of aryl methyl sites for hydroxylation is 1. The topological polar surface area (TPSA) is 29.9 Å². The second-order valence-electron chi connectivity index (χ2n) is 4.62. The van der Waals surface area contributed by atoms with Gasteiger partial charge in [0.15, 0.2) is 0 Å². The number of hydrogen-bond donors (Lipinski definition) is 1. The van der Waals surface area contributed by atoms with Gasteiger partial charge in [0.25, 0.3) is 0 Å². The first-order valence-electron chi connectivity index (χ1n) is 6.06. The Bertz CT molecular complexity index is 306. The van der Waals surface area contributed by atoms with Gasteiger partial charge in [0.05, 0.1) is 5.69 Å². The molecule has 0 spiro atoms. The first-order valence-corrected chi connectivity index (χ1v) is 6.06. The van der Waals surface area contributed by atoms with Gasteiger partial charge in [-0.25, -0.2) is 0 Å². The average Bonchev–Trinajstić information content (AvgIpc) is 2.66. The second-order valence-corrected chi connectivity index (χ2v) is 4.62. The molecule has 0 bridgehead atoms. The van der Waals surface area contributed by atoms with E-state index in [2.05, 4.69) is 35.0 Å². The molecule has 1 saturated heterocycles. The van der Waals surface area contributed by atoms with Crippen LogP contribution in [0.3, 0.4) is 0 Å². The maximum Gasteiger partial charge on any atom is 0.0553 e. The van der Waals surface area contributed by atoms with E-state index in [1.54, 1.807) is 0 Å². The van der Waals surface area contributed by atoms with E-state index in [0.717, 1.165) is 25.4 Å². The summed E-state index contributed by atoms with van der Waals surface area (Å²) in [4.78, 5) is 0. The highest BCUT2D eigenvalue weighted by molar-refractivity contribution is 5.08. The van der Waals surface area contributed by atoms with Crippen molar-refractivity contribution in [3.05, 3.63) is 18.0 Å². The first-order chi connectivity index (χ1) is 7.31. The van der Waals surface area contributed by atoms with Crippen LogP contribution in [0.5, 0.6) is 0 Å². The van der Waals surface area contributed by atoms with Crippen LogP contribution in [-0.4, -0.2) is 16.3 Å². The Morgan fingerprint density at radius 2 is 2.47 bits per heavy atom. The minimum absolute atomic E-state index is 0.516. The van der Waals surface area contributed by atoms with E-state index in [-0.39, 0.29) is 0 Å². The molecule has 2 atom stereocenters. The fourth-order valence-corrected chi connectivity index (χ4v) is 2.37. The molecule has 15 heavy (non-hydrogen) atoms. The van der Waals surface area contributed by atoms with E-state index in [9.17, 15) is 0 Å².